The number of hydrogen-bond acceptors (Lipinski definition) is 4. The molecule has 6 heteroatoms. The van der Waals surface area contributed by atoms with Crippen molar-refractivity contribution in [1.29, 1.82) is 0 Å². The molecule has 2 amide bonds. The summed E-state index contributed by atoms with van der Waals surface area (Å²) in [6.45, 7) is 2.08. The molecule has 154 valence electrons. The van der Waals surface area contributed by atoms with Crippen LogP contribution in [0.5, 0.6) is 0 Å². The largest absolute Gasteiger partial charge is 0.466 e. The van der Waals surface area contributed by atoms with Crippen LogP contribution in [0.15, 0.2) is 54.6 Å². The van der Waals surface area contributed by atoms with Crippen LogP contribution in [0.4, 0.5) is 5.69 Å². The Labute approximate surface area is 175 Å². The van der Waals surface area contributed by atoms with Gasteiger partial charge in [-0.15, -0.1) is 0 Å². The van der Waals surface area contributed by atoms with Gasteiger partial charge in [0.05, 0.1) is 24.6 Å². The molecule has 3 aliphatic heterocycles. The highest BCUT2D eigenvalue weighted by molar-refractivity contribution is 6.01. The highest BCUT2D eigenvalue weighted by atomic mass is 16.5. The number of piperidine rings is 1. The van der Waals surface area contributed by atoms with Crippen molar-refractivity contribution >= 4 is 23.5 Å². The van der Waals surface area contributed by atoms with E-state index in [-0.39, 0.29) is 49.3 Å². The van der Waals surface area contributed by atoms with E-state index in [0.717, 1.165) is 16.8 Å². The minimum Gasteiger partial charge on any atom is -0.466 e. The molecule has 2 saturated heterocycles. The van der Waals surface area contributed by atoms with Crippen LogP contribution in [-0.2, 0) is 25.5 Å². The molecule has 0 radical (unpaired) electrons. The number of para-hydroxylation sites is 1. The first kappa shape index (κ1) is 18.9. The average Bonchev–Trinajstić information content (AvgIpc) is 3.15. The Morgan fingerprint density at radius 1 is 1.00 bits per heavy atom. The Morgan fingerprint density at radius 2 is 1.73 bits per heavy atom. The zero-order valence-corrected chi connectivity index (χ0v) is 16.9. The zero-order valence-electron chi connectivity index (χ0n) is 16.9. The van der Waals surface area contributed by atoms with Gasteiger partial charge in [-0.05, 0) is 30.5 Å². The van der Waals surface area contributed by atoms with Crippen molar-refractivity contribution in [3.63, 3.8) is 0 Å². The zero-order chi connectivity index (χ0) is 20.8. The monoisotopic (exact) mass is 404 g/mol. The number of nitrogens with zero attached hydrogens (tertiary/aromatic N) is 2. The summed E-state index contributed by atoms with van der Waals surface area (Å²) in [5.41, 5.74) is 2.93. The molecular weight excluding hydrogens is 380 g/mol. The smallest absolute Gasteiger partial charge is 0.311 e. The van der Waals surface area contributed by atoms with Crippen LogP contribution in [0.25, 0.3) is 0 Å². The molecule has 6 nitrogen and oxygen atoms in total. The number of carbonyl (C=O) groups excluding carboxylic acids is 3. The number of esters is 1. The summed E-state index contributed by atoms with van der Waals surface area (Å²) in [5, 5.41) is 0. The van der Waals surface area contributed by atoms with E-state index in [0.29, 0.717) is 6.42 Å². The summed E-state index contributed by atoms with van der Waals surface area (Å²) in [6, 6.07) is 16.9. The Morgan fingerprint density at radius 3 is 2.50 bits per heavy atom. The number of ether oxygens (including phenoxy) is 1. The standard InChI is InChI=1S/C24H24N2O4/c1-2-30-24(29)22-17(15-8-4-3-5-9-15)13-20(27)25-14-21(28)26-18-11-7-6-10-16(18)12-19(26)23(22)25/h3-11,17,19,22-23H,2,12-14H2,1H3/t17-,19-,22+,23+/m0/s1. The van der Waals surface area contributed by atoms with E-state index in [1.54, 1.807) is 11.8 Å². The second kappa shape index (κ2) is 7.27. The topological polar surface area (TPSA) is 66.9 Å². The molecule has 0 bridgehead atoms. The van der Waals surface area contributed by atoms with Gasteiger partial charge in [-0.25, -0.2) is 0 Å². The van der Waals surface area contributed by atoms with Crippen LogP contribution in [0.3, 0.4) is 0 Å². The van der Waals surface area contributed by atoms with E-state index in [9.17, 15) is 14.4 Å². The summed E-state index contributed by atoms with van der Waals surface area (Å²) >= 11 is 0. The maximum Gasteiger partial charge on any atom is 0.311 e. The fraction of sp³-hybridized carbons (Fsp3) is 0.375. The number of rotatable bonds is 3. The lowest BCUT2D eigenvalue weighted by Gasteiger charge is -2.51. The Hall–Kier alpha value is -3.15. The van der Waals surface area contributed by atoms with E-state index in [4.69, 9.17) is 4.74 Å². The number of carbonyl (C=O) groups is 3. The van der Waals surface area contributed by atoms with Gasteiger partial charge in [-0.3, -0.25) is 14.4 Å². The van der Waals surface area contributed by atoms with Crippen molar-refractivity contribution in [3.8, 4) is 0 Å². The van der Waals surface area contributed by atoms with Gasteiger partial charge in [0.25, 0.3) is 0 Å². The molecule has 0 aromatic heterocycles. The van der Waals surface area contributed by atoms with Crippen LogP contribution >= 0.6 is 0 Å². The molecule has 3 aliphatic rings. The molecule has 30 heavy (non-hydrogen) atoms. The van der Waals surface area contributed by atoms with Crippen LogP contribution in [0.1, 0.15) is 30.4 Å². The third-order valence-electron chi connectivity index (χ3n) is 6.64. The molecule has 5 rings (SSSR count). The molecule has 0 spiro atoms. The van der Waals surface area contributed by atoms with Crippen molar-refractivity contribution in [1.82, 2.24) is 4.90 Å². The fourth-order valence-electron chi connectivity index (χ4n) is 5.47. The van der Waals surface area contributed by atoms with Gasteiger partial charge >= 0.3 is 5.97 Å². The predicted molar refractivity (Wildman–Crippen MR) is 111 cm³/mol. The number of anilines is 1. The van der Waals surface area contributed by atoms with Crippen molar-refractivity contribution in [2.45, 2.75) is 37.8 Å². The quantitative estimate of drug-likeness (QED) is 0.738. The molecule has 3 heterocycles. The SMILES string of the molecule is CCOC(=O)[C@H]1[C@H]2[C@@H]3Cc4ccccc4N3C(=O)CN2C(=O)C[C@H]1c1ccccc1. The van der Waals surface area contributed by atoms with Crippen LogP contribution in [0.2, 0.25) is 0 Å². The summed E-state index contributed by atoms with van der Waals surface area (Å²) < 4.78 is 5.49. The predicted octanol–water partition coefficient (Wildman–Crippen LogP) is 2.52. The van der Waals surface area contributed by atoms with Crippen LogP contribution in [-0.4, -0.2) is 47.9 Å². The highest BCUT2D eigenvalue weighted by Crippen LogP contribution is 2.46. The first-order valence-electron chi connectivity index (χ1n) is 10.5. The molecular formula is C24H24N2O4. The van der Waals surface area contributed by atoms with E-state index in [1.807, 2.05) is 59.5 Å². The van der Waals surface area contributed by atoms with Gasteiger partial charge in [0.1, 0.15) is 6.54 Å². The van der Waals surface area contributed by atoms with Crippen LogP contribution in [0, 0.1) is 5.92 Å². The van der Waals surface area contributed by atoms with Gasteiger partial charge in [-0.2, -0.15) is 0 Å². The van der Waals surface area contributed by atoms with Gasteiger partial charge < -0.3 is 14.5 Å². The molecule has 0 unspecified atom stereocenters. The van der Waals surface area contributed by atoms with Gasteiger partial charge in [0.15, 0.2) is 0 Å². The van der Waals surface area contributed by atoms with Gasteiger partial charge in [0, 0.05) is 18.0 Å². The third-order valence-corrected chi connectivity index (χ3v) is 6.64. The lowest BCUT2D eigenvalue weighted by Crippen LogP contribution is -2.69. The first-order chi connectivity index (χ1) is 14.6. The molecule has 0 saturated carbocycles. The number of fused-ring (bicyclic) bond motifs is 5. The number of piperazine rings is 1. The second-order valence-electron chi connectivity index (χ2n) is 8.18. The molecule has 2 aromatic carbocycles. The first-order valence-corrected chi connectivity index (χ1v) is 10.5. The van der Waals surface area contributed by atoms with Crippen molar-refractivity contribution < 1.29 is 19.1 Å². The van der Waals surface area contributed by atoms with E-state index < -0.39 is 12.0 Å². The normalized spacial score (nSPS) is 27.4. The fourth-order valence-corrected chi connectivity index (χ4v) is 5.47. The number of benzene rings is 2. The Kier molecular flexibility index (Phi) is 4.57. The lowest BCUT2D eigenvalue weighted by molar-refractivity contribution is -0.162. The van der Waals surface area contributed by atoms with Crippen molar-refractivity contribution in [2.75, 3.05) is 18.1 Å². The highest BCUT2D eigenvalue weighted by Gasteiger charge is 2.56. The van der Waals surface area contributed by atoms with E-state index in [2.05, 4.69) is 0 Å². The van der Waals surface area contributed by atoms with E-state index in [1.165, 1.54) is 0 Å². The molecule has 2 aromatic rings. The number of amides is 2. The molecule has 2 fully saturated rings. The molecule has 4 atom stereocenters. The summed E-state index contributed by atoms with van der Waals surface area (Å²) in [4.78, 5) is 42.8. The Balaban J connectivity index is 1.61. The third kappa shape index (κ3) is 2.82. The summed E-state index contributed by atoms with van der Waals surface area (Å²) in [6.07, 6.45) is 0.838. The maximum absolute atomic E-state index is 13.2. The summed E-state index contributed by atoms with van der Waals surface area (Å²) in [5.74, 6) is -1.23. The molecule has 0 aliphatic carbocycles. The minimum atomic E-state index is -0.514. The van der Waals surface area contributed by atoms with Crippen LogP contribution < -0.4 is 4.90 Å². The summed E-state index contributed by atoms with van der Waals surface area (Å²) in [7, 11) is 0. The van der Waals surface area contributed by atoms with Crippen molar-refractivity contribution in [3.05, 3.63) is 65.7 Å². The molecule has 0 N–H and O–H groups in total. The maximum atomic E-state index is 13.2. The lowest BCUT2D eigenvalue weighted by atomic mass is 9.71. The van der Waals surface area contributed by atoms with Crippen molar-refractivity contribution in [2.24, 2.45) is 5.92 Å². The second-order valence-corrected chi connectivity index (χ2v) is 8.18. The van der Waals surface area contributed by atoms with E-state index >= 15 is 0 Å². The Bertz CT molecular complexity index is 1010. The number of hydrogen-bond donors (Lipinski definition) is 0. The van der Waals surface area contributed by atoms with Gasteiger partial charge in [-0.1, -0.05) is 48.5 Å². The average molecular weight is 404 g/mol. The van der Waals surface area contributed by atoms with Gasteiger partial charge in [0.2, 0.25) is 11.8 Å². The minimum absolute atomic E-state index is 0.00570.